The van der Waals surface area contributed by atoms with Crippen molar-refractivity contribution in [3.8, 4) is 0 Å². The molecule has 2 N–H and O–H groups in total. The molecule has 2 fully saturated rings. The van der Waals surface area contributed by atoms with Crippen molar-refractivity contribution in [3.05, 3.63) is 0 Å². The Morgan fingerprint density at radius 3 is 2.00 bits per heavy atom. The van der Waals surface area contributed by atoms with Gasteiger partial charge in [-0.05, 0) is 12.8 Å². The Morgan fingerprint density at radius 2 is 1.53 bits per heavy atom. The van der Waals surface area contributed by atoms with Gasteiger partial charge in [0, 0.05) is 12.8 Å². The third-order valence-electron chi connectivity index (χ3n) is 3.23. The van der Waals surface area contributed by atoms with Gasteiger partial charge in [0.25, 0.3) is 0 Å². The van der Waals surface area contributed by atoms with Crippen LogP contribution in [-0.4, -0.2) is 24.9 Å². The minimum Gasteiger partial charge on any atom is -0.369 e. The minimum absolute atomic E-state index is 0.112. The van der Waals surface area contributed by atoms with E-state index in [1.54, 1.807) is 0 Å². The average Bonchev–Trinajstić information content (AvgIpc) is 2.49. The number of carbonyl (C=O) groups excluding carboxylic acids is 1. The summed E-state index contributed by atoms with van der Waals surface area (Å²) in [4.78, 5) is 31.8. The second kappa shape index (κ2) is 5.77. The summed E-state index contributed by atoms with van der Waals surface area (Å²) in [5.74, 6) is -1.81. The van der Waals surface area contributed by atoms with Crippen molar-refractivity contribution >= 4 is 5.91 Å². The summed E-state index contributed by atoms with van der Waals surface area (Å²) in [6.07, 6.45) is 5.86. The smallest absolute Gasteiger partial charge is 0.233 e. The standard InChI is InChI=1S/C11H19NO5/c12-10(13)9-7-14-16-11(17-15-8-9)5-3-1-2-4-6-11/h9H,1-8H2,(H2,12,13). The van der Waals surface area contributed by atoms with E-state index in [2.05, 4.69) is 0 Å². The van der Waals surface area contributed by atoms with Crippen LogP contribution < -0.4 is 5.73 Å². The molecule has 0 unspecified atom stereocenters. The molecule has 98 valence electrons. The van der Waals surface area contributed by atoms with E-state index in [-0.39, 0.29) is 13.2 Å². The highest BCUT2D eigenvalue weighted by atomic mass is 17.3. The molecule has 1 heterocycles. The maximum absolute atomic E-state index is 11.0. The molecule has 1 saturated heterocycles. The second-order valence-corrected chi connectivity index (χ2v) is 4.66. The third-order valence-corrected chi connectivity index (χ3v) is 3.23. The van der Waals surface area contributed by atoms with Crippen LogP contribution in [-0.2, 0) is 24.3 Å². The van der Waals surface area contributed by atoms with Crippen LogP contribution in [0.25, 0.3) is 0 Å². The van der Waals surface area contributed by atoms with Gasteiger partial charge in [0.05, 0.1) is 19.1 Å². The fourth-order valence-electron chi connectivity index (χ4n) is 2.11. The zero-order valence-electron chi connectivity index (χ0n) is 9.85. The molecular formula is C11H19NO5. The van der Waals surface area contributed by atoms with E-state index in [0.29, 0.717) is 0 Å². The summed E-state index contributed by atoms with van der Waals surface area (Å²) in [5, 5.41) is 0. The van der Waals surface area contributed by atoms with Crippen LogP contribution in [0.1, 0.15) is 38.5 Å². The zero-order valence-corrected chi connectivity index (χ0v) is 9.85. The second-order valence-electron chi connectivity index (χ2n) is 4.66. The summed E-state index contributed by atoms with van der Waals surface area (Å²) < 4.78 is 0. The predicted molar refractivity (Wildman–Crippen MR) is 57.2 cm³/mol. The van der Waals surface area contributed by atoms with Gasteiger partial charge in [0.15, 0.2) is 0 Å². The molecule has 1 spiro atoms. The molecule has 1 aliphatic carbocycles. The summed E-state index contributed by atoms with van der Waals surface area (Å²) in [7, 11) is 0. The molecule has 17 heavy (non-hydrogen) atoms. The van der Waals surface area contributed by atoms with Crippen LogP contribution in [0.15, 0.2) is 0 Å². The van der Waals surface area contributed by atoms with Gasteiger partial charge >= 0.3 is 0 Å². The molecule has 1 amide bonds. The highest BCUT2D eigenvalue weighted by Gasteiger charge is 2.38. The normalized spacial score (nSPS) is 27.1. The molecular weight excluding hydrogens is 226 g/mol. The summed E-state index contributed by atoms with van der Waals surface area (Å²) >= 11 is 0. The van der Waals surface area contributed by atoms with Gasteiger partial charge in [0.2, 0.25) is 11.7 Å². The van der Waals surface area contributed by atoms with Crippen LogP contribution in [0, 0.1) is 5.92 Å². The maximum atomic E-state index is 11.0. The van der Waals surface area contributed by atoms with Crippen molar-refractivity contribution in [3.63, 3.8) is 0 Å². The summed E-state index contributed by atoms with van der Waals surface area (Å²) in [6, 6.07) is 0. The van der Waals surface area contributed by atoms with Crippen LogP contribution in [0.3, 0.4) is 0 Å². The topological polar surface area (TPSA) is 80.0 Å². The van der Waals surface area contributed by atoms with E-state index < -0.39 is 17.6 Å². The number of amides is 1. The van der Waals surface area contributed by atoms with Gasteiger partial charge in [-0.1, -0.05) is 12.8 Å². The molecule has 0 atom stereocenters. The molecule has 6 nitrogen and oxygen atoms in total. The van der Waals surface area contributed by atoms with Gasteiger partial charge in [-0.15, -0.1) is 0 Å². The van der Waals surface area contributed by atoms with Crippen LogP contribution in [0.4, 0.5) is 0 Å². The van der Waals surface area contributed by atoms with Crippen molar-refractivity contribution in [2.45, 2.75) is 44.3 Å². The van der Waals surface area contributed by atoms with Crippen molar-refractivity contribution in [2.24, 2.45) is 11.7 Å². The Bertz CT molecular complexity index is 251. The summed E-state index contributed by atoms with van der Waals surface area (Å²) in [6.45, 7) is 0.223. The average molecular weight is 245 g/mol. The highest BCUT2D eigenvalue weighted by Crippen LogP contribution is 2.33. The lowest BCUT2D eigenvalue weighted by atomic mass is 10.1. The predicted octanol–water partition coefficient (Wildman–Crippen LogP) is 1.05. The molecule has 1 saturated carbocycles. The Morgan fingerprint density at radius 1 is 1.00 bits per heavy atom. The number of rotatable bonds is 1. The Labute approximate surface area is 100 Å². The third kappa shape index (κ3) is 3.38. The van der Waals surface area contributed by atoms with Crippen molar-refractivity contribution in [1.29, 1.82) is 0 Å². The van der Waals surface area contributed by atoms with E-state index in [1.807, 2.05) is 0 Å². The lowest BCUT2D eigenvalue weighted by molar-refractivity contribution is -0.528. The molecule has 1 aliphatic heterocycles. The van der Waals surface area contributed by atoms with E-state index in [1.165, 1.54) is 12.8 Å². The molecule has 6 heteroatoms. The molecule has 2 rings (SSSR count). The van der Waals surface area contributed by atoms with E-state index in [4.69, 9.17) is 25.3 Å². The maximum Gasteiger partial charge on any atom is 0.233 e. The monoisotopic (exact) mass is 245 g/mol. The number of hydrogen-bond donors (Lipinski definition) is 1. The van der Waals surface area contributed by atoms with E-state index in [9.17, 15) is 4.79 Å². The van der Waals surface area contributed by atoms with Crippen molar-refractivity contribution in [1.82, 2.24) is 0 Å². The van der Waals surface area contributed by atoms with E-state index >= 15 is 0 Å². The molecule has 0 aromatic heterocycles. The first-order chi connectivity index (χ1) is 8.22. The molecule has 2 aliphatic rings. The molecule has 0 radical (unpaired) electrons. The van der Waals surface area contributed by atoms with Gasteiger partial charge < -0.3 is 5.73 Å². The number of hydrogen-bond acceptors (Lipinski definition) is 5. The Hall–Kier alpha value is -0.690. The number of primary amides is 1. The van der Waals surface area contributed by atoms with Crippen LogP contribution >= 0.6 is 0 Å². The fourth-order valence-corrected chi connectivity index (χ4v) is 2.11. The van der Waals surface area contributed by atoms with Gasteiger partial charge in [-0.2, -0.15) is 9.78 Å². The van der Waals surface area contributed by atoms with Crippen LogP contribution in [0.2, 0.25) is 0 Å². The minimum atomic E-state index is -0.806. The number of carbonyl (C=O) groups is 1. The lowest BCUT2D eigenvalue weighted by Gasteiger charge is -2.32. The van der Waals surface area contributed by atoms with Crippen molar-refractivity contribution < 1.29 is 24.3 Å². The van der Waals surface area contributed by atoms with Gasteiger partial charge in [0.1, 0.15) is 0 Å². The van der Waals surface area contributed by atoms with Gasteiger partial charge in [-0.3, -0.25) is 4.79 Å². The lowest BCUT2D eigenvalue weighted by Crippen LogP contribution is -2.42. The number of nitrogens with two attached hydrogens (primary N) is 1. The Kier molecular flexibility index (Phi) is 4.33. The molecule has 0 aromatic carbocycles. The first-order valence-electron chi connectivity index (χ1n) is 6.12. The molecule has 0 bridgehead atoms. The van der Waals surface area contributed by atoms with Crippen LogP contribution in [0.5, 0.6) is 0 Å². The summed E-state index contributed by atoms with van der Waals surface area (Å²) in [5.41, 5.74) is 5.17. The Balaban J connectivity index is 1.92. The first kappa shape index (κ1) is 12.8. The van der Waals surface area contributed by atoms with Crippen molar-refractivity contribution in [2.75, 3.05) is 13.2 Å². The largest absolute Gasteiger partial charge is 0.369 e. The molecule has 0 aromatic rings. The zero-order chi connectivity index (χ0) is 12.1. The highest BCUT2D eigenvalue weighted by molar-refractivity contribution is 5.76. The van der Waals surface area contributed by atoms with Gasteiger partial charge in [-0.25, -0.2) is 9.78 Å². The van der Waals surface area contributed by atoms with E-state index in [0.717, 1.165) is 25.7 Å². The fraction of sp³-hybridized carbons (Fsp3) is 0.909. The SMILES string of the molecule is NC(=O)C1COOC2(CCCCCC2)OOC1. The quantitative estimate of drug-likeness (QED) is 0.698. The first-order valence-corrected chi connectivity index (χ1v) is 6.12.